The number of nitrogens with one attached hydrogen (secondary N) is 1. The molecular weight excluding hydrogens is 372 g/mol. The van der Waals surface area contributed by atoms with E-state index in [4.69, 9.17) is 5.73 Å². The zero-order chi connectivity index (χ0) is 20.9. The fourth-order valence-electron chi connectivity index (χ4n) is 3.24. The first-order valence-corrected chi connectivity index (χ1v) is 9.79. The van der Waals surface area contributed by atoms with Crippen LogP contribution >= 0.6 is 0 Å². The largest absolute Gasteiger partial charge is 0.393 e. The third-order valence-electron chi connectivity index (χ3n) is 4.87. The van der Waals surface area contributed by atoms with Crippen molar-refractivity contribution < 1.29 is 0 Å². The van der Waals surface area contributed by atoms with Crippen molar-refractivity contribution in [3.63, 3.8) is 0 Å². The van der Waals surface area contributed by atoms with Gasteiger partial charge in [-0.1, -0.05) is 48.5 Å². The van der Waals surface area contributed by atoms with Crippen molar-refractivity contribution in [2.75, 3.05) is 16.0 Å². The van der Waals surface area contributed by atoms with Gasteiger partial charge in [-0.25, -0.2) is 15.0 Å². The van der Waals surface area contributed by atoms with Crippen molar-refractivity contribution in [2.45, 2.75) is 20.4 Å². The van der Waals surface area contributed by atoms with Gasteiger partial charge in [0.2, 0.25) is 0 Å². The quantitative estimate of drug-likeness (QED) is 0.469. The van der Waals surface area contributed by atoms with Crippen molar-refractivity contribution in [1.29, 1.82) is 0 Å². The molecule has 0 saturated heterocycles. The molecule has 0 fully saturated rings. The van der Waals surface area contributed by atoms with Gasteiger partial charge in [0.1, 0.15) is 17.8 Å². The van der Waals surface area contributed by atoms with Crippen LogP contribution in [0, 0.1) is 13.8 Å². The molecular formula is C24H24N6. The molecule has 150 valence electrons. The summed E-state index contributed by atoms with van der Waals surface area (Å²) < 4.78 is 0. The van der Waals surface area contributed by atoms with E-state index in [2.05, 4.69) is 64.4 Å². The molecule has 0 radical (unpaired) electrons. The SMILES string of the molecule is Cc1ccc(C)c(Nc2ncnc(N(Cc3ccccc3)c3ccccn3)c2N)c1. The highest BCUT2D eigenvalue weighted by atomic mass is 15.3. The smallest absolute Gasteiger partial charge is 0.163 e. The highest BCUT2D eigenvalue weighted by molar-refractivity contribution is 5.81. The average molecular weight is 396 g/mol. The summed E-state index contributed by atoms with van der Waals surface area (Å²) in [5.74, 6) is 1.95. The van der Waals surface area contributed by atoms with Gasteiger partial charge < -0.3 is 16.0 Å². The second kappa shape index (κ2) is 8.61. The molecule has 3 N–H and O–H groups in total. The van der Waals surface area contributed by atoms with E-state index >= 15 is 0 Å². The number of aryl methyl sites for hydroxylation is 2. The van der Waals surface area contributed by atoms with Crippen LogP contribution in [0.5, 0.6) is 0 Å². The van der Waals surface area contributed by atoms with Crippen LogP contribution in [0.15, 0.2) is 79.3 Å². The van der Waals surface area contributed by atoms with E-state index in [1.165, 1.54) is 6.33 Å². The number of pyridine rings is 1. The molecule has 0 spiro atoms. The monoisotopic (exact) mass is 396 g/mol. The Morgan fingerprint density at radius 1 is 0.900 bits per heavy atom. The van der Waals surface area contributed by atoms with Gasteiger partial charge >= 0.3 is 0 Å². The molecule has 6 nitrogen and oxygen atoms in total. The highest BCUT2D eigenvalue weighted by Crippen LogP contribution is 2.34. The minimum atomic E-state index is 0.472. The van der Waals surface area contributed by atoms with Crippen molar-refractivity contribution in [3.05, 3.63) is 95.9 Å². The van der Waals surface area contributed by atoms with Gasteiger partial charge in [-0.15, -0.1) is 0 Å². The molecule has 2 heterocycles. The normalized spacial score (nSPS) is 10.6. The lowest BCUT2D eigenvalue weighted by molar-refractivity contribution is 0.918. The number of anilines is 5. The lowest BCUT2D eigenvalue weighted by Gasteiger charge is -2.25. The number of nitrogen functional groups attached to an aromatic ring is 1. The number of benzene rings is 2. The molecule has 2 aromatic heterocycles. The Kier molecular flexibility index (Phi) is 5.57. The van der Waals surface area contributed by atoms with E-state index in [0.29, 0.717) is 23.9 Å². The summed E-state index contributed by atoms with van der Waals surface area (Å²) in [6, 6.07) is 22.2. The fraction of sp³-hybridized carbons (Fsp3) is 0.125. The molecule has 0 aliphatic rings. The van der Waals surface area contributed by atoms with Crippen LogP contribution in [-0.2, 0) is 6.54 Å². The Labute approximate surface area is 176 Å². The van der Waals surface area contributed by atoms with Gasteiger partial charge in [0.15, 0.2) is 11.6 Å². The standard InChI is InChI=1S/C24H24N6/c1-17-11-12-18(2)20(14-17)29-23-22(25)24(28-16-27-23)30(21-10-6-7-13-26-21)15-19-8-4-3-5-9-19/h3-14,16H,15,25H2,1-2H3,(H,27,28,29). The first-order chi connectivity index (χ1) is 14.6. The maximum absolute atomic E-state index is 6.55. The van der Waals surface area contributed by atoms with E-state index in [1.807, 2.05) is 41.3 Å². The minimum absolute atomic E-state index is 0.472. The Morgan fingerprint density at radius 3 is 2.47 bits per heavy atom. The molecule has 0 unspecified atom stereocenters. The van der Waals surface area contributed by atoms with E-state index in [9.17, 15) is 0 Å². The molecule has 0 aliphatic carbocycles. The van der Waals surface area contributed by atoms with Crippen LogP contribution in [0.3, 0.4) is 0 Å². The van der Waals surface area contributed by atoms with Crippen molar-refractivity contribution >= 4 is 28.8 Å². The maximum atomic E-state index is 6.55. The number of aromatic nitrogens is 3. The van der Waals surface area contributed by atoms with Crippen molar-refractivity contribution in [2.24, 2.45) is 0 Å². The molecule has 4 aromatic rings. The Hall–Kier alpha value is -3.93. The fourth-order valence-corrected chi connectivity index (χ4v) is 3.24. The van der Waals surface area contributed by atoms with E-state index in [1.54, 1.807) is 6.20 Å². The molecule has 0 saturated carbocycles. The number of hydrogen-bond acceptors (Lipinski definition) is 6. The van der Waals surface area contributed by atoms with E-state index in [0.717, 1.165) is 28.2 Å². The average Bonchev–Trinajstić information content (AvgIpc) is 2.77. The molecule has 0 bridgehead atoms. The predicted octanol–water partition coefficient (Wildman–Crippen LogP) is 5.15. The van der Waals surface area contributed by atoms with Crippen LogP contribution in [0.4, 0.5) is 28.8 Å². The molecule has 4 rings (SSSR count). The van der Waals surface area contributed by atoms with Crippen molar-refractivity contribution in [3.8, 4) is 0 Å². The van der Waals surface area contributed by atoms with Gasteiger partial charge in [-0.05, 0) is 48.7 Å². The Morgan fingerprint density at radius 2 is 1.70 bits per heavy atom. The molecule has 0 atom stereocenters. The summed E-state index contributed by atoms with van der Waals surface area (Å²) in [4.78, 5) is 15.4. The van der Waals surface area contributed by atoms with Crippen molar-refractivity contribution in [1.82, 2.24) is 15.0 Å². The number of nitrogens with zero attached hydrogens (tertiary/aromatic N) is 4. The lowest BCUT2D eigenvalue weighted by Crippen LogP contribution is -2.21. The zero-order valence-corrected chi connectivity index (χ0v) is 17.1. The first kappa shape index (κ1) is 19.4. The Bertz CT molecular complexity index is 1130. The van der Waals surface area contributed by atoms with Crippen LogP contribution in [0.25, 0.3) is 0 Å². The number of rotatable bonds is 6. The summed E-state index contributed by atoms with van der Waals surface area (Å²) in [5, 5.41) is 3.37. The minimum Gasteiger partial charge on any atom is -0.393 e. The second-order valence-electron chi connectivity index (χ2n) is 7.16. The molecule has 30 heavy (non-hydrogen) atoms. The summed E-state index contributed by atoms with van der Waals surface area (Å²) >= 11 is 0. The van der Waals surface area contributed by atoms with Gasteiger partial charge in [-0.3, -0.25) is 0 Å². The van der Waals surface area contributed by atoms with Crippen LogP contribution < -0.4 is 16.0 Å². The van der Waals surface area contributed by atoms with Crippen LogP contribution in [-0.4, -0.2) is 15.0 Å². The molecule has 2 aromatic carbocycles. The first-order valence-electron chi connectivity index (χ1n) is 9.79. The summed E-state index contributed by atoms with van der Waals surface area (Å²) in [7, 11) is 0. The summed E-state index contributed by atoms with van der Waals surface area (Å²) in [6.45, 7) is 4.69. The third-order valence-corrected chi connectivity index (χ3v) is 4.87. The Balaban J connectivity index is 1.74. The summed E-state index contributed by atoms with van der Waals surface area (Å²) in [5.41, 5.74) is 11.4. The third kappa shape index (κ3) is 4.22. The number of nitrogens with two attached hydrogens (primary N) is 1. The molecule has 0 amide bonds. The predicted molar refractivity (Wildman–Crippen MR) is 122 cm³/mol. The zero-order valence-electron chi connectivity index (χ0n) is 17.1. The van der Waals surface area contributed by atoms with E-state index in [-0.39, 0.29) is 0 Å². The number of hydrogen-bond donors (Lipinski definition) is 2. The van der Waals surface area contributed by atoms with Crippen LogP contribution in [0.2, 0.25) is 0 Å². The molecule has 6 heteroatoms. The highest BCUT2D eigenvalue weighted by Gasteiger charge is 2.19. The van der Waals surface area contributed by atoms with Gasteiger partial charge in [0, 0.05) is 11.9 Å². The topological polar surface area (TPSA) is 80.0 Å². The van der Waals surface area contributed by atoms with Gasteiger partial charge in [-0.2, -0.15) is 0 Å². The summed E-state index contributed by atoms with van der Waals surface area (Å²) in [6.07, 6.45) is 3.29. The second-order valence-corrected chi connectivity index (χ2v) is 7.16. The molecule has 0 aliphatic heterocycles. The van der Waals surface area contributed by atoms with Crippen LogP contribution in [0.1, 0.15) is 16.7 Å². The van der Waals surface area contributed by atoms with Gasteiger partial charge in [0.05, 0.1) is 6.54 Å². The van der Waals surface area contributed by atoms with Gasteiger partial charge in [0.25, 0.3) is 0 Å². The maximum Gasteiger partial charge on any atom is 0.163 e. The van der Waals surface area contributed by atoms with E-state index < -0.39 is 0 Å². The lowest BCUT2D eigenvalue weighted by atomic mass is 10.1.